The van der Waals surface area contributed by atoms with E-state index in [1.807, 2.05) is 19.1 Å². The minimum Gasteiger partial charge on any atom is -0.352 e. The van der Waals surface area contributed by atoms with E-state index >= 15 is 0 Å². The van der Waals surface area contributed by atoms with Crippen molar-refractivity contribution in [3.8, 4) is 0 Å². The molecule has 0 heterocycles. The predicted molar refractivity (Wildman–Crippen MR) is 136 cm³/mol. The summed E-state index contributed by atoms with van der Waals surface area (Å²) in [6.07, 6.45) is 4.95. The van der Waals surface area contributed by atoms with Gasteiger partial charge < -0.3 is 15.5 Å². The van der Waals surface area contributed by atoms with E-state index in [2.05, 4.69) is 10.6 Å². The number of aryl methyl sites for hydroxylation is 1. The van der Waals surface area contributed by atoms with Crippen molar-refractivity contribution in [3.63, 3.8) is 0 Å². The van der Waals surface area contributed by atoms with Gasteiger partial charge in [0.1, 0.15) is 23.9 Å². The number of hydrogen-bond donors (Lipinski definition) is 2. The molecule has 2 N–H and O–H groups in total. The van der Waals surface area contributed by atoms with Crippen molar-refractivity contribution >= 4 is 51.5 Å². The summed E-state index contributed by atoms with van der Waals surface area (Å²) in [5.74, 6) is -3.02. The fourth-order valence-electron chi connectivity index (χ4n) is 3.89. The van der Waals surface area contributed by atoms with Crippen LogP contribution in [0.5, 0.6) is 0 Å². The molecule has 0 aliphatic heterocycles. The Kier molecular flexibility index (Phi) is 9.80. The maximum absolute atomic E-state index is 13.7. The first-order valence-electron chi connectivity index (χ1n) is 11.5. The maximum atomic E-state index is 13.7. The number of benzene rings is 2. The Hall–Kier alpha value is -2.78. The molecule has 1 fully saturated rings. The molecule has 1 unspecified atom stereocenters. The minimum absolute atomic E-state index is 0.0459. The number of halogens is 2. The zero-order valence-electron chi connectivity index (χ0n) is 19.5. The fourth-order valence-corrected chi connectivity index (χ4v) is 4.96. The van der Waals surface area contributed by atoms with Crippen LogP contribution in [0.25, 0.3) is 0 Å². The van der Waals surface area contributed by atoms with Crippen molar-refractivity contribution in [3.05, 3.63) is 58.9 Å². The van der Waals surface area contributed by atoms with Crippen LogP contribution in [0.2, 0.25) is 5.02 Å². The highest BCUT2D eigenvalue weighted by atomic mass is 35.5. The van der Waals surface area contributed by atoms with E-state index < -0.39 is 34.2 Å². The lowest BCUT2D eigenvalue weighted by Crippen LogP contribution is -2.46. The quantitative estimate of drug-likeness (QED) is 0.522. The fraction of sp³-hybridized carbons (Fsp3) is 0.400. The van der Waals surface area contributed by atoms with Gasteiger partial charge in [-0.3, -0.25) is 18.6 Å². The van der Waals surface area contributed by atoms with E-state index in [-0.39, 0.29) is 35.0 Å². The lowest BCUT2D eigenvalue weighted by molar-refractivity contribution is -0.123. The van der Waals surface area contributed by atoms with Crippen molar-refractivity contribution in [1.82, 2.24) is 5.32 Å². The Morgan fingerprint density at radius 2 is 1.71 bits per heavy atom. The zero-order valence-corrected chi connectivity index (χ0v) is 21.1. The Bertz CT molecular complexity index is 1090. The molecule has 0 radical (unpaired) electrons. The largest absolute Gasteiger partial charge is 0.352 e. The summed E-state index contributed by atoms with van der Waals surface area (Å²) in [6, 6.07) is 10.8. The van der Waals surface area contributed by atoms with Crippen LogP contribution >= 0.6 is 11.6 Å². The minimum atomic E-state index is -1.83. The smallest absolute Gasteiger partial charge is 0.240 e. The molecule has 1 aliphatic rings. The van der Waals surface area contributed by atoms with Gasteiger partial charge >= 0.3 is 0 Å². The summed E-state index contributed by atoms with van der Waals surface area (Å²) in [7, 11) is -1.83. The second-order valence-electron chi connectivity index (χ2n) is 8.62. The number of carbonyl (C=O) groups is 3. The molecule has 188 valence electrons. The molecule has 1 saturated carbocycles. The highest BCUT2D eigenvalue weighted by Gasteiger charge is 2.24. The van der Waals surface area contributed by atoms with Crippen LogP contribution in [0.4, 0.5) is 15.8 Å². The monoisotopic (exact) mass is 521 g/mol. The van der Waals surface area contributed by atoms with Gasteiger partial charge in [-0.25, -0.2) is 4.39 Å². The van der Waals surface area contributed by atoms with Gasteiger partial charge in [-0.05, 0) is 50.1 Å². The second-order valence-corrected chi connectivity index (χ2v) is 10.5. The summed E-state index contributed by atoms with van der Waals surface area (Å²) >= 11 is 5.89. The first kappa shape index (κ1) is 26.8. The lowest BCUT2D eigenvalue weighted by Gasteiger charge is -2.26. The normalized spacial score (nSPS) is 14.7. The van der Waals surface area contributed by atoms with Gasteiger partial charge in [0.25, 0.3) is 0 Å². The first-order valence-corrected chi connectivity index (χ1v) is 13.3. The molecule has 0 spiro atoms. The second kappa shape index (κ2) is 12.8. The summed E-state index contributed by atoms with van der Waals surface area (Å²) in [4.78, 5) is 39.1. The maximum Gasteiger partial charge on any atom is 0.240 e. The van der Waals surface area contributed by atoms with E-state index in [0.29, 0.717) is 5.69 Å². The summed E-state index contributed by atoms with van der Waals surface area (Å²) < 4.78 is 26.3. The molecule has 0 bridgehead atoms. The Labute approximate surface area is 211 Å². The number of nitrogens with zero attached hydrogens (tertiary/aromatic N) is 1. The van der Waals surface area contributed by atoms with Gasteiger partial charge in [0, 0.05) is 28.2 Å². The molecule has 1 atom stereocenters. The van der Waals surface area contributed by atoms with Crippen LogP contribution in [0.1, 0.15) is 37.7 Å². The molecular formula is C25H29ClFN3O4S. The third-order valence-corrected chi connectivity index (χ3v) is 7.14. The van der Waals surface area contributed by atoms with Gasteiger partial charge in [0.15, 0.2) is 0 Å². The average Bonchev–Trinajstić information content (AvgIpc) is 2.81. The summed E-state index contributed by atoms with van der Waals surface area (Å²) in [5.41, 5.74) is 1.80. The number of hydrogen-bond acceptors (Lipinski definition) is 4. The van der Waals surface area contributed by atoms with Gasteiger partial charge in [0.2, 0.25) is 17.7 Å². The molecule has 2 aromatic rings. The summed E-state index contributed by atoms with van der Waals surface area (Å²) in [6.45, 7) is 1.59. The molecule has 10 heteroatoms. The molecule has 7 nitrogen and oxygen atoms in total. The van der Waals surface area contributed by atoms with Crippen LogP contribution in [-0.2, 0) is 25.2 Å². The highest BCUT2D eigenvalue weighted by Crippen LogP contribution is 2.23. The van der Waals surface area contributed by atoms with Gasteiger partial charge in [-0.15, -0.1) is 0 Å². The SMILES string of the molecule is Cc1ccc(NC(=O)CS(=O)CC(=O)N(CC(=O)NC2CCCCC2)c2ccc(F)c(Cl)c2)cc1. The highest BCUT2D eigenvalue weighted by molar-refractivity contribution is 7.86. The van der Waals surface area contributed by atoms with Crippen LogP contribution < -0.4 is 15.5 Å². The molecular weight excluding hydrogens is 493 g/mol. The first-order chi connectivity index (χ1) is 16.7. The number of nitrogens with one attached hydrogen (secondary N) is 2. The molecule has 0 saturated heterocycles. The Morgan fingerprint density at radius 1 is 1.03 bits per heavy atom. The Balaban J connectivity index is 1.64. The summed E-state index contributed by atoms with van der Waals surface area (Å²) in [5, 5.41) is 5.38. The van der Waals surface area contributed by atoms with E-state index in [1.54, 1.807) is 12.1 Å². The Morgan fingerprint density at radius 3 is 2.37 bits per heavy atom. The molecule has 35 heavy (non-hydrogen) atoms. The van der Waals surface area contributed by atoms with Crippen LogP contribution in [0.3, 0.4) is 0 Å². The van der Waals surface area contributed by atoms with Gasteiger partial charge in [-0.1, -0.05) is 48.6 Å². The van der Waals surface area contributed by atoms with Crippen molar-refractivity contribution in [2.45, 2.75) is 45.1 Å². The van der Waals surface area contributed by atoms with E-state index in [9.17, 15) is 23.0 Å². The van der Waals surface area contributed by atoms with Gasteiger partial charge in [-0.2, -0.15) is 0 Å². The van der Waals surface area contributed by atoms with Crippen LogP contribution in [-0.4, -0.2) is 46.0 Å². The average molecular weight is 522 g/mol. The lowest BCUT2D eigenvalue weighted by atomic mass is 9.95. The predicted octanol–water partition coefficient (Wildman–Crippen LogP) is 3.96. The number of anilines is 2. The van der Waals surface area contributed by atoms with Crippen molar-refractivity contribution in [2.75, 3.05) is 28.3 Å². The molecule has 3 rings (SSSR count). The van der Waals surface area contributed by atoms with Crippen LogP contribution in [0, 0.1) is 12.7 Å². The number of rotatable bonds is 9. The topological polar surface area (TPSA) is 95.6 Å². The standard InChI is InChI=1S/C25H29ClFN3O4S/c1-17-7-9-19(10-8-17)29-24(32)15-35(34)16-25(33)30(20-11-12-22(27)21(26)13-20)14-23(31)28-18-5-3-2-4-6-18/h7-13,18H,2-6,14-16H2,1H3,(H,28,31)(H,29,32). The third-order valence-electron chi connectivity index (χ3n) is 5.70. The van der Waals surface area contributed by atoms with E-state index in [4.69, 9.17) is 11.6 Å². The van der Waals surface area contributed by atoms with Crippen molar-refractivity contribution in [2.24, 2.45) is 0 Å². The molecule has 0 aromatic heterocycles. The molecule has 2 aromatic carbocycles. The van der Waals surface area contributed by atoms with E-state index in [1.165, 1.54) is 12.1 Å². The number of carbonyl (C=O) groups excluding carboxylic acids is 3. The van der Waals surface area contributed by atoms with Crippen molar-refractivity contribution < 1.29 is 23.0 Å². The van der Waals surface area contributed by atoms with Crippen molar-refractivity contribution in [1.29, 1.82) is 0 Å². The zero-order chi connectivity index (χ0) is 25.4. The third kappa shape index (κ3) is 8.43. The molecule has 1 aliphatic carbocycles. The molecule has 3 amide bonds. The van der Waals surface area contributed by atoms with E-state index in [0.717, 1.165) is 48.6 Å². The van der Waals surface area contributed by atoms with Gasteiger partial charge in [0.05, 0.1) is 5.02 Å². The van der Waals surface area contributed by atoms with Crippen LogP contribution in [0.15, 0.2) is 42.5 Å². The number of amides is 3.